The first-order valence-electron chi connectivity index (χ1n) is 6.89. The van der Waals surface area contributed by atoms with Crippen molar-refractivity contribution < 1.29 is 4.79 Å². The molecular formula is C16H25NO. The highest BCUT2D eigenvalue weighted by Crippen LogP contribution is 2.18. The maximum Gasteiger partial charge on any atom is 0.162 e. The van der Waals surface area contributed by atoms with Gasteiger partial charge >= 0.3 is 0 Å². The van der Waals surface area contributed by atoms with E-state index in [1.807, 2.05) is 18.2 Å². The van der Waals surface area contributed by atoms with Crippen LogP contribution in [0, 0.1) is 19.8 Å². The molecule has 2 N–H and O–H groups in total. The van der Waals surface area contributed by atoms with Crippen LogP contribution in [0.3, 0.4) is 0 Å². The van der Waals surface area contributed by atoms with Crippen LogP contribution in [0.1, 0.15) is 54.1 Å². The lowest BCUT2D eigenvalue weighted by Crippen LogP contribution is -2.10. The number of ketones is 1. The average molecular weight is 247 g/mol. The van der Waals surface area contributed by atoms with Gasteiger partial charge in [0, 0.05) is 12.0 Å². The lowest BCUT2D eigenvalue weighted by Gasteiger charge is -2.13. The van der Waals surface area contributed by atoms with Crippen LogP contribution < -0.4 is 5.73 Å². The standard InChI is InChI=1S/C16H25NO/c1-4-14(9-10-17)6-8-16(18)15-7-5-12(2)13(3)11-15/h5,7,11,14H,4,6,8-10,17H2,1-3H3. The van der Waals surface area contributed by atoms with Crippen molar-refractivity contribution in [2.45, 2.75) is 46.5 Å². The molecule has 2 heteroatoms. The summed E-state index contributed by atoms with van der Waals surface area (Å²) in [5.74, 6) is 0.846. The Morgan fingerprint density at radius 2 is 1.94 bits per heavy atom. The summed E-state index contributed by atoms with van der Waals surface area (Å²) >= 11 is 0. The van der Waals surface area contributed by atoms with Crippen molar-refractivity contribution in [1.29, 1.82) is 0 Å². The van der Waals surface area contributed by atoms with E-state index in [0.717, 1.165) is 31.4 Å². The molecule has 1 unspecified atom stereocenters. The first-order chi connectivity index (χ1) is 8.58. The molecule has 0 spiro atoms. The zero-order valence-electron chi connectivity index (χ0n) is 11.8. The Labute approximate surface area is 111 Å². The molecule has 18 heavy (non-hydrogen) atoms. The van der Waals surface area contributed by atoms with Gasteiger partial charge in [-0.1, -0.05) is 25.5 Å². The molecule has 0 aliphatic rings. The van der Waals surface area contributed by atoms with E-state index >= 15 is 0 Å². The summed E-state index contributed by atoms with van der Waals surface area (Å²) < 4.78 is 0. The van der Waals surface area contributed by atoms with E-state index < -0.39 is 0 Å². The molecule has 100 valence electrons. The summed E-state index contributed by atoms with van der Waals surface area (Å²) in [7, 11) is 0. The molecule has 0 bridgehead atoms. The van der Waals surface area contributed by atoms with E-state index in [-0.39, 0.29) is 5.78 Å². The van der Waals surface area contributed by atoms with E-state index in [9.17, 15) is 4.79 Å². The number of carbonyl (C=O) groups is 1. The molecule has 0 amide bonds. The van der Waals surface area contributed by atoms with Gasteiger partial charge in [0.1, 0.15) is 0 Å². The molecule has 0 saturated heterocycles. The maximum atomic E-state index is 12.1. The van der Waals surface area contributed by atoms with Gasteiger partial charge in [-0.3, -0.25) is 4.79 Å². The number of benzene rings is 1. The van der Waals surface area contributed by atoms with Crippen LogP contribution in [0.5, 0.6) is 0 Å². The second-order valence-corrected chi connectivity index (χ2v) is 5.11. The fourth-order valence-electron chi connectivity index (χ4n) is 2.18. The molecule has 1 aromatic carbocycles. The second kappa shape index (κ2) is 7.32. The summed E-state index contributed by atoms with van der Waals surface area (Å²) in [6.45, 7) is 7.00. The Bertz CT molecular complexity index is 398. The summed E-state index contributed by atoms with van der Waals surface area (Å²) in [5.41, 5.74) is 8.85. The lowest BCUT2D eigenvalue weighted by molar-refractivity contribution is 0.0972. The molecule has 0 fully saturated rings. The van der Waals surface area contributed by atoms with Gasteiger partial charge in [-0.2, -0.15) is 0 Å². The Morgan fingerprint density at radius 1 is 1.22 bits per heavy atom. The predicted octanol–water partition coefficient (Wildman–Crippen LogP) is 3.64. The molecule has 1 rings (SSSR count). The van der Waals surface area contributed by atoms with Crippen LogP contribution >= 0.6 is 0 Å². The Kier molecular flexibility index (Phi) is 6.06. The largest absolute Gasteiger partial charge is 0.330 e. The summed E-state index contributed by atoms with van der Waals surface area (Å²) in [5, 5.41) is 0. The van der Waals surface area contributed by atoms with Crippen LogP contribution in [0.4, 0.5) is 0 Å². The van der Waals surface area contributed by atoms with Crippen LogP contribution in [-0.2, 0) is 0 Å². The second-order valence-electron chi connectivity index (χ2n) is 5.11. The highest BCUT2D eigenvalue weighted by Gasteiger charge is 2.11. The third-order valence-electron chi connectivity index (χ3n) is 3.76. The van der Waals surface area contributed by atoms with E-state index in [0.29, 0.717) is 12.3 Å². The Hall–Kier alpha value is -1.15. The van der Waals surface area contributed by atoms with Gasteiger partial charge in [0.2, 0.25) is 0 Å². The van der Waals surface area contributed by atoms with Gasteiger partial charge < -0.3 is 5.73 Å². The summed E-state index contributed by atoms with van der Waals surface area (Å²) in [4.78, 5) is 12.1. The van der Waals surface area contributed by atoms with Crippen LogP contribution in [-0.4, -0.2) is 12.3 Å². The minimum absolute atomic E-state index is 0.258. The third-order valence-corrected chi connectivity index (χ3v) is 3.76. The highest BCUT2D eigenvalue weighted by molar-refractivity contribution is 5.96. The van der Waals surface area contributed by atoms with Crippen LogP contribution in [0.25, 0.3) is 0 Å². The molecular weight excluding hydrogens is 222 g/mol. The van der Waals surface area contributed by atoms with Gasteiger partial charge in [0.25, 0.3) is 0 Å². The molecule has 0 aliphatic carbocycles. The average Bonchev–Trinajstić information content (AvgIpc) is 2.37. The number of hydrogen-bond donors (Lipinski definition) is 1. The predicted molar refractivity (Wildman–Crippen MR) is 76.9 cm³/mol. The fraction of sp³-hybridized carbons (Fsp3) is 0.562. The Balaban J connectivity index is 2.57. The fourth-order valence-corrected chi connectivity index (χ4v) is 2.18. The molecule has 0 saturated carbocycles. The number of hydrogen-bond acceptors (Lipinski definition) is 2. The zero-order chi connectivity index (χ0) is 13.5. The van der Waals surface area contributed by atoms with Gasteiger partial charge in [-0.05, 0) is 56.3 Å². The highest BCUT2D eigenvalue weighted by atomic mass is 16.1. The molecule has 0 heterocycles. The quantitative estimate of drug-likeness (QED) is 0.747. The minimum Gasteiger partial charge on any atom is -0.330 e. The monoisotopic (exact) mass is 247 g/mol. The van der Waals surface area contributed by atoms with E-state index in [1.165, 1.54) is 11.1 Å². The maximum absolute atomic E-state index is 12.1. The molecule has 1 aromatic rings. The van der Waals surface area contributed by atoms with Crippen molar-refractivity contribution in [1.82, 2.24) is 0 Å². The van der Waals surface area contributed by atoms with E-state index in [2.05, 4.69) is 20.8 Å². The number of rotatable bonds is 7. The van der Waals surface area contributed by atoms with E-state index in [1.54, 1.807) is 0 Å². The van der Waals surface area contributed by atoms with Crippen LogP contribution in [0.15, 0.2) is 18.2 Å². The number of nitrogens with two attached hydrogens (primary N) is 1. The number of aryl methyl sites for hydroxylation is 2. The first kappa shape index (κ1) is 14.9. The normalized spacial score (nSPS) is 12.4. The first-order valence-corrected chi connectivity index (χ1v) is 6.89. The number of Topliss-reactive ketones (excluding diaryl/α,β-unsaturated/α-hetero) is 1. The smallest absolute Gasteiger partial charge is 0.162 e. The zero-order valence-corrected chi connectivity index (χ0v) is 11.8. The van der Waals surface area contributed by atoms with Crippen molar-refractivity contribution in [3.63, 3.8) is 0 Å². The van der Waals surface area contributed by atoms with Gasteiger partial charge in [0.15, 0.2) is 5.78 Å². The molecule has 0 aromatic heterocycles. The van der Waals surface area contributed by atoms with Gasteiger partial charge in [-0.25, -0.2) is 0 Å². The van der Waals surface area contributed by atoms with Gasteiger partial charge in [0.05, 0.1) is 0 Å². The summed E-state index contributed by atoms with van der Waals surface area (Å²) in [6.07, 6.45) is 3.73. The van der Waals surface area contributed by atoms with Crippen molar-refractivity contribution >= 4 is 5.78 Å². The number of carbonyl (C=O) groups excluding carboxylic acids is 1. The Morgan fingerprint density at radius 3 is 2.50 bits per heavy atom. The minimum atomic E-state index is 0.258. The SMILES string of the molecule is CCC(CCN)CCC(=O)c1ccc(C)c(C)c1. The van der Waals surface area contributed by atoms with Crippen molar-refractivity contribution in [2.75, 3.05) is 6.54 Å². The van der Waals surface area contributed by atoms with Crippen molar-refractivity contribution in [3.05, 3.63) is 34.9 Å². The van der Waals surface area contributed by atoms with Crippen molar-refractivity contribution in [2.24, 2.45) is 11.7 Å². The molecule has 1 atom stereocenters. The third kappa shape index (κ3) is 4.26. The summed E-state index contributed by atoms with van der Waals surface area (Å²) in [6, 6.07) is 5.97. The van der Waals surface area contributed by atoms with Gasteiger partial charge in [-0.15, -0.1) is 0 Å². The lowest BCUT2D eigenvalue weighted by atomic mass is 9.93. The molecule has 0 radical (unpaired) electrons. The van der Waals surface area contributed by atoms with Crippen LogP contribution in [0.2, 0.25) is 0 Å². The molecule has 2 nitrogen and oxygen atoms in total. The van der Waals surface area contributed by atoms with E-state index in [4.69, 9.17) is 5.73 Å². The topological polar surface area (TPSA) is 43.1 Å². The molecule has 0 aliphatic heterocycles. The van der Waals surface area contributed by atoms with Crippen molar-refractivity contribution in [3.8, 4) is 0 Å².